The van der Waals surface area contributed by atoms with Crippen molar-refractivity contribution in [3.8, 4) is 0 Å². The summed E-state index contributed by atoms with van der Waals surface area (Å²) in [5, 5.41) is 5.84. The van der Waals surface area contributed by atoms with Gasteiger partial charge in [0, 0.05) is 19.6 Å². The van der Waals surface area contributed by atoms with Gasteiger partial charge in [-0.1, -0.05) is 19.9 Å². The van der Waals surface area contributed by atoms with Crippen molar-refractivity contribution in [3.63, 3.8) is 0 Å². The van der Waals surface area contributed by atoms with E-state index in [2.05, 4.69) is 29.4 Å². The molecule has 6 heteroatoms. The van der Waals surface area contributed by atoms with Crippen molar-refractivity contribution >= 4 is 23.0 Å². The second-order valence-corrected chi connectivity index (χ2v) is 6.94. The number of hydrogen-bond donors (Lipinski definition) is 2. The first-order valence-electron chi connectivity index (χ1n) is 8.17. The maximum Gasteiger partial charge on any atom is 0.170 e. The van der Waals surface area contributed by atoms with Crippen LogP contribution in [0.2, 0.25) is 0 Å². The zero-order chi connectivity index (χ0) is 16.8. The van der Waals surface area contributed by atoms with Crippen molar-refractivity contribution in [2.24, 2.45) is 11.8 Å². The average Bonchev–Trinajstić information content (AvgIpc) is 2.47. The quantitative estimate of drug-likeness (QED) is 0.632. The van der Waals surface area contributed by atoms with Crippen molar-refractivity contribution in [1.82, 2.24) is 10.2 Å². The maximum absolute atomic E-state index is 13.5. The highest BCUT2D eigenvalue weighted by molar-refractivity contribution is 7.80. The lowest BCUT2D eigenvalue weighted by atomic mass is 9.92. The molecule has 0 radical (unpaired) electrons. The van der Waals surface area contributed by atoms with Gasteiger partial charge < -0.3 is 15.5 Å². The molecular weight excluding hydrogens is 316 g/mol. The average molecular weight is 341 g/mol. The molecule has 0 amide bonds. The first-order valence-corrected chi connectivity index (χ1v) is 8.57. The monoisotopic (exact) mass is 341 g/mol. The van der Waals surface area contributed by atoms with Gasteiger partial charge in [-0.2, -0.15) is 0 Å². The number of likely N-dealkylation sites (tertiary alicyclic amines) is 1. The highest BCUT2D eigenvalue weighted by Crippen LogP contribution is 2.21. The number of anilines is 1. The van der Waals surface area contributed by atoms with Gasteiger partial charge >= 0.3 is 0 Å². The number of piperidine rings is 1. The molecule has 2 atom stereocenters. The van der Waals surface area contributed by atoms with Gasteiger partial charge in [0.1, 0.15) is 17.3 Å². The summed E-state index contributed by atoms with van der Waals surface area (Å²) in [6.07, 6.45) is 2.25. The van der Waals surface area contributed by atoms with Gasteiger partial charge in [-0.25, -0.2) is 8.78 Å². The van der Waals surface area contributed by atoms with Gasteiger partial charge in [-0.3, -0.25) is 0 Å². The van der Waals surface area contributed by atoms with Crippen LogP contribution in [0.15, 0.2) is 18.2 Å². The van der Waals surface area contributed by atoms with Crippen molar-refractivity contribution < 1.29 is 8.78 Å². The first-order chi connectivity index (χ1) is 11.0. The van der Waals surface area contributed by atoms with Gasteiger partial charge in [-0.05, 0) is 55.6 Å². The van der Waals surface area contributed by atoms with Gasteiger partial charge in [0.15, 0.2) is 5.11 Å². The van der Waals surface area contributed by atoms with Crippen molar-refractivity contribution in [1.29, 1.82) is 0 Å². The molecule has 0 unspecified atom stereocenters. The SMILES string of the molecule is C[C@@H]1C[C@H](C)CN(CCCNC(=S)Nc2c(F)cccc2F)C1. The molecule has 1 aliphatic rings. The fourth-order valence-corrected chi connectivity index (χ4v) is 3.46. The lowest BCUT2D eigenvalue weighted by Gasteiger charge is -2.35. The van der Waals surface area contributed by atoms with E-state index in [1.807, 2.05) is 0 Å². The predicted molar refractivity (Wildman–Crippen MR) is 94.6 cm³/mol. The smallest absolute Gasteiger partial charge is 0.170 e. The molecule has 1 saturated heterocycles. The number of rotatable bonds is 5. The van der Waals surface area contributed by atoms with Crippen LogP contribution >= 0.6 is 12.2 Å². The maximum atomic E-state index is 13.5. The summed E-state index contributed by atoms with van der Waals surface area (Å²) in [7, 11) is 0. The molecular formula is C17H25F2N3S. The van der Waals surface area contributed by atoms with Crippen LogP contribution in [0.3, 0.4) is 0 Å². The fraction of sp³-hybridized carbons (Fsp3) is 0.588. The number of nitrogens with one attached hydrogen (secondary N) is 2. The molecule has 2 rings (SSSR count). The number of para-hydroxylation sites is 1. The van der Waals surface area contributed by atoms with E-state index in [-0.39, 0.29) is 10.8 Å². The summed E-state index contributed by atoms with van der Waals surface area (Å²) >= 11 is 5.09. The molecule has 1 aromatic rings. The van der Waals surface area contributed by atoms with E-state index >= 15 is 0 Å². The number of halogens is 2. The second-order valence-electron chi connectivity index (χ2n) is 6.54. The van der Waals surface area contributed by atoms with E-state index < -0.39 is 11.6 Å². The lowest BCUT2D eigenvalue weighted by molar-refractivity contribution is 0.140. The molecule has 3 nitrogen and oxygen atoms in total. The third kappa shape index (κ3) is 5.70. The van der Waals surface area contributed by atoms with Crippen LogP contribution in [0, 0.1) is 23.5 Å². The van der Waals surface area contributed by atoms with Crippen LogP contribution < -0.4 is 10.6 Å². The second kappa shape index (κ2) is 8.55. The minimum atomic E-state index is -0.648. The van der Waals surface area contributed by atoms with E-state index in [1.54, 1.807) is 0 Å². The predicted octanol–water partition coefficient (Wildman–Crippen LogP) is 3.62. The number of thiocarbonyl (C=S) groups is 1. The molecule has 0 aromatic heterocycles. The Labute approximate surface area is 142 Å². The Bertz CT molecular complexity index is 508. The standard InChI is InChI=1S/C17H25F2N3S/c1-12-9-13(2)11-22(10-12)8-4-7-20-17(23)21-16-14(18)5-3-6-15(16)19/h3,5-6,12-13H,4,7-11H2,1-2H3,(H2,20,21,23)/t12-,13+. The van der Waals surface area contributed by atoms with Crippen LogP contribution in [0.4, 0.5) is 14.5 Å². The molecule has 1 fully saturated rings. The summed E-state index contributed by atoms with van der Waals surface area (Å²) in [5.74, 6) is 0.202. The minimum Gasteiger partial charge on any atom is -0.362 e. The van der Waals surface area contributed by atoms with Crippen LogP contribution in [0.5, 0.6) is 0 Å². The Balaban J connectivity index is 1.69. The van der Waals surface area contributed by atoms with Crippen LogP contribution in [0.1, 0.15) is 26.7 Å². The third-order valence-corrected chi connectivity index (χ3v) is 4.33. The van der Waals surface area contributed by atoms with E-state index in [0.29, 0.717) is 6.54 Å². The summed E-state index contributed by atoms with van der Waals surface area (Å²) < 4.78 is 27.0. The van der Waals surface area contributed by atoms with Gasteiger partial charge in [0.25, 0.3) is 0 Å². The normalized spacial score (nSPS) is 21.9. The topological polar surface area (TPSA) is 27.3 Å². The molecule has 1 aliphatic heterocycles. The highest BCUT2D eigenvalue weighted by Gasteiger charge is 2.21. The molecule has 0 saturated carbocycles. The van der Waals surface area contributed by atoms with Crippen molar-refractivity contribution in [3.05, 3.63) is 29.8 Å². The first kappa shape index (κ1) is 18.1. The highest BCUT2D eigenvalue weighted by atomic mass is 32.1. The molecule has 1 heterocycles. The molecule has 0 aliphatic carbocycles. The van der Waals surface area contributed by atoms with E-state index in [0.717, 1.165) is 37.9 Å². The van der Waals surface area contributed by atoms with E-state index in [4.69, 9.17) is 12.2 Å². The van der Waals surface area contributed by atoms with E-state index in [9.17, 15) is 8.78 Å². The van der Waals surface area contributed by atoms with Gasteiger partial charge in [-0.15, -0.1) is 0 Å². The Morgan fingerprint density at radius 3 is 2.43 bits per heavy atom. The molecule has 0 bridgehead atoms. The van der Waals surface area contributed by atoms with Crippen molar-refractivity contribution in [2.45, 2.75) is 26.7 Å². The minimum absolute atomic E-state index is 0.205. The fourth-order valence-electron chi connectivity index (χ4n) is 3.25. The summed E-state index contributed by atoms with van der Waals surface area (Å²) in [6.45, 7) is 8.58. The number of nitrogens with zero attached hydrogens (tertiary/aromatic N) is 1. The number of hydrogen-bond acceptors (Lipinski definition) is 2. The Morgan fingerprint density at radius 1 is 1.22 bits per heavy atom. The third-order valence-electron chi connectivity index (χ3n) is 4.08. The van der Waals surface area contributed by atoms with E-state index in [1.165, 1.54) is 24.6 Å². The molecule has 1 aromatic carbocycles. The van der Waals surface area contributed by atoms with Crippen molar-refractivity contribution in [2.75, 3.05) is 31.5 Å². The summed E-state index contributed by atoms with van der Waals surface area (Å²) in [6, 6.07) is 3.73. The summed E-state index contributed by atoms with van der Waals surface area (Å²) in [5.41, 5.74) is -0.205. The zero-order valence-electron chi connectivity index (χ0n) is 13.7. The Morgan fingerprint density at radius 2 is 1.83 bits per heavy atom. The molecule has 23 heavy (non-hydrogen) atoms. The Hall–Kier alpha value is -1.27. The zero-order valence-corrected chi connectivity index (χ0v) is 14.6. The molecule has 128 valence electrons. The summed E-state index contributed by atoms with van der Waals surface area (Å²) in [4.78, 5) is 2.48. The van der Waals surface area contributed by atoms with Crippen LogP contribution in [0.25, 0.3) is 0 Å². The van der Waals surface area contributed by atoms with Gasteiger partial charge in [0.05, 0.1) is 0 Å². The van der Waals surface area contributed by atoms with Crippen LogP contribution in [-0.4, -0.2) is 36.2 Å². The van der Waals surface area contributed by atoms with Gasteiger partial charge in [0.2, 0.25) is 0 Å². The number of benzene rings is 1. The largest absolute Gasteiger partial charge is 0.362 e. The molecule has 2 N–H and O–H groups in total. The Kier molecular flexibility index (Phi) is 6.72. The van der Waals surface area contributed by atoms with Crippen LogP contribution in [-0.2, 0) is 0 Å². The molecule has 0 spiro atoms. The lowest BCUT2D eigenvalue weighted by Crippen LogP contribution is -2.40.